The van der Waals surface area contributed by atoms with Crippen LogP contribution in [0.4, 0.5) is 0 Å². The molecule has 5 nitrogen and oxygen atoms in total. The quantitative estimate of drug-likeness (QED) is 0.620. The van der Waals surface area contributed by atoms with Gasteiger partial charge in [0, 0.05) is 25.0 Å². The van der Waals surface area contributed by atoms with Crippen LogP contribution in [0.3, 0.4) is 0 Å². The molecule has 0 atom stereocenters. The Morgan fingerprint density at radius 3 is 2.55 bits per heavy atom. The predicted molar refractivity (Wildman–Crippen MR) is 113 cm³/mol. The van der Waals surface area contributed by atoms with E-state index in [1.54, 1.807) is 15.7 Å². The fourth-order valence-corrected chi connectivity index (χ4v) is 3.55. The molecule has 0 unspecified atom stereocenters. The van der Waals surface area contributed by atoms with Crippen LogP contribution in [0.15, 0.2) is 71.8 Å². The summed E-state index contributed by atoms with van der Waals surface area (Å²) in [5.41, 5.74) is 2.80. The molecule has 1 fully saturated rings. The zero-order valence-electron chi connectivity index (χ0n) is 16.6. The molecule has 5 heteroatoms. The first-order valence-electron chi connectivity index (χ1n) is 10.1. The Morgan fingerprint density at radius 1 is 1.10 bits per heavy atom. The monoisotopic (exact) mass is 387 g/mol. The molecule has 1 aliphatic carbocycles. The van der Waals surface area contributed by atoms with E-state index in [9.17, 15) is 9.59 Å². The Morgan fingerprint density at radius 2 is 1.86 bits per heavy atom. The number of hydrogen-bond donors (Lipinski definition) is 0. The van der Waals surface area contributed by atoms with Gasteiger partial charge in [0.25, 0.3) is 11.5 Å². The van der Waals surface area contributed by atoms with E-state index in [2.05, 4.69) is 17.1 Å². The van der Waals surface area contributed by atoms with Crippen molar-refractivity contribution in [1.82, 2.24) is 14.5 Å². The molecule has 2 heterocycles. The third-order valence-electron chi connectivity index (χ3n) is 5.36. The smallest absolute Gasteiger partial charge is 0.263 e. The molecule has 0 radical (unpaired) electrons. The number of rotatable bonds is 7. The molecule has 1 saturated carbocycles. The van der Waals surface area contributed by atoms with Crippen LogP contribution < -0.4 is 5.56 Å². The minimum atomic E-state index is -0.218. The first-order chi connectivity index (χ1) is 14.1. The van der Waals surface area contributed by atoms with Crippen LogP contribution in [-0.2, 0) is 13.0 Å². The van der Waals surface area contributed by atoms with Gasteiger partial charge in [0.2, 0.25) is 0 Å². The van der Waals surface area contributed by atoms with Crippen LogP contribution in [0.5, 0.6) is 0 Å². The molecule has 1 aromatic carbocycles. The van der Waals surface area contributed by atoms with Gasteiger partial charge in [-0.1, -0.05) is 36.4 Å². The molecule has 29 heavy (non-hydrogen) atoms. The Balaban J connectivity index is 1.63. The fraction of sp³-hybridized carbons (Fsp3) is 0.292. The standard InChI is InChI=1S/C24H25N3O2/c1-18-12-16-27(21-10-11-21)24(29)22(18)23(28)26(17-20-9-5-6-14-25-20)15-13-19-7-3-2-4-8-19/h2-9,12,14,16,21H,10-11,13,15,17H2,1H3. The first kappa shape index (κ1) is 19.1. The molecule has 1 amide bonds. The van der Waals surface area contributed by atoms with Gasteiger partial charge in [0.15, 0.2) is 0 Å². The number of carbonyl (C=O) groups excluding carboxylic acids is 1. The van der Waals surface area contributed by atoms with Crippen molar-refractivity contribution in [2.75, 3.05) is 6.54 Å². The lowest BCUT2D eigenvalue weighted by molar-refractivity contribution is 0.0739. The van der Waals surface area contributed by atoms with Gasteiger partial charge in [-0.2, -0.15) is 0 Å². The summed E-state index contributed by atoms with van der Waals surface area (Å²) < 4.78 is 1.72. The van der Waals surface area contributed by atoms with Gasteiger partial charge in [0.05, 0.1) is 12.2 Å². The zero-order chi connectivity index (χ0) is 20.2. The second-order valence-corrected chi connectivity index (χ2v) is 7.60. The second-order valence-electron chi connectivity index (χ2n) is 7.60. The third-order valence-corrected chi connectivity index (χ3v) is 5.36. The molecular weight excluding hydrogens is 362 g/mol. The highest BCUT2D eigenvalue weighted by atomic mass is 16.2. The Labute approximate surface area is 170 Å². The number of benzene rings is 1. The lowest BCUT2D eigenvalue weighted by Gasteiger charge is -2.23. The fourth-order valence-electron chi connectivity index (χ4n) is 3.55. The van der Waals surface area contributed by atoms with Crippen molar-refractivity contribution in [2.24, 2.45) is 0 Å². The Bertz CT molecular complexity index is 1040. The van der Waals surface area contributed by atoms with Gasteiger partial charge >= 0.3 is 0 Å². The van der Waals surface area contributed by atoms with Crippen LogP contribution in [0.25, 0.3) is 0 Å². The summed E-state index contributed by atoms with van der Waals surface area (Å²) in [5.74, 6) is -0.218. The average molecular weight is 387 g/mol. The zero-order valence-corrected chi connectivity index (χ0v) is 16.6. The van der Waals surface area contributed by atoms with Crippen LogP contribution in [0, 0.1) is 6.92 Å². The van der Waals surface area contributed by atoms with E-state index in [-0.39, 0.29) is 23.1 Å². The van der Waals surface area contributed by atoms with Gasteiger partial charge in [0.1, 0.15) is 5.56 Å². The molecule has 0 aliphatic heterocycles. The van der Waals surface area contributed by atoms with Crippen molar-refractivity contribution in [3.8, 4) is 0 Å². The summed E-state index contributed by atoms with van der Waals surface area (Å²) in [6.45, 7) is 2.74. The molecule has 3 aromatic rings. The first-order valence-corrected chi connectivity index (χ1v) is 10.1. The molecule has 0 N–H and O–H groups in total. The van der Waals surface area contributed by atoms with E-state index in [0.717, 1.165) is 36.1 Å². The molecule has 0 spiro atoms. The lowest BCUT2D eigenvalue weighted by atomic mass is 10.1. The van der Waals surface area contributed by atoms with Crippen molar-refractivity contribution >= 4 is 5.91 Å². The van der Waals surface area contributed by atoms with E-state index < -0.39 is 0 Å². The summed E-state index contributed by atoms with van der Waals surface area (Å²) in [6, 6.07) is 17.9. The SMILES string of the molecule is Cc1ccn(C2CC2)c(=O)c1C(=O)N(CCc1ccccc1)Cc1ccccn1. The minimum absolute atomic E-state index is 0.178. The van der Waals surface area contributed by atoms with E-state index >= 15 is 0 Å². The Hall–Kier alpha value is -3.21. The van der Waals surface area contributed by atoms with Crippen molar-refractivity contribution in [3.63, 3.8) is 0 Å². The molecule has 1 aliphatic rings. The maximum Gasteiger partial charge on any atom is 0.263 e. The molecule has 2 aromatic heterocycles. The maximum atomic E-state index is 13.5. The third kappa shape index (κ3) is 4.45. The van der Waals surface area contributed by atoms with Crippen molar-refractivity contribution in [1.29, 1.82) is 0 Å². The van der Waals surface area contributed by atoms with E-state index in [1.807, 2.05) is 55.6 Å². The Kier molecular flexibility index (Phi) is 5.56. The maximum absolute atomic E-state index is 13.5. The van der Waals surface area contributed by atoms with E-state index in [4.69, 9.17) is 0 Å². The van der Waals surface area contributed by atoms with Gasteiger partial charge in [-0.25, -0.2) is 0 Å². The summed E-state index contributed by atoms with van der Waals surface area (Å²) in [6.07, 6.45) is 6.27. The molecule has 0 saturated heterocycles. The van der Waals surface area contributed by atoms with Gasteiger partial charge in [-0.15, -0.1) is 0 Å². The molecule has 4 rings (SSSR count). The number of aromatic nitrogens is 2. The van der Waals surface area contributed by atoms with Crippen LogP contribution >= 0.6 is 0 Å². The lowest BCUT2D eigenvalue weighted by Crippen LogP contribution is -2.38. The number of hydrogen-bond acceptors (Lipinski definition) is 3. The molecule has 148 valence electrons. The van der Waals surface area contributed by atoms with Gasteiger partial charge in [-0.3, -0.25) is 14.6 Å². The largest absolute Gasteiger partial charge is 0.332 e. The summed E-state index contributed by atoms with van der Waals surface area (Å²) in [5, 5.41) is 0. The number of aryl methyl sites for hydroxylation is 1. The molecule has 0 bridgehead atoms. The summed E-state index contributed by atoms with van der Waals surface area (Å²) in [7, 11) is 0. The van der Waals surface area contributed by atoms with Crippen LogP contribution in [0.2, 0.25) is 0 Å². The second kappa shape index (κ2) is 8.43. The van der Waals surface area contributed by atoms with Crippen molar-refractivity contribution < 1.29 is 4.79 Å². The number of carbonyl (C=O) groups is 1. The molecular formula is C24H25N3O2. The summed E-state index contributed by atoms with van der Waals surface area (Å²) >= 11 is 0. The highest BCUT2D eigenvalue weighted by molar-refractivity contribution is 5.95. The normalized spacial score (nSPS) is 13.3. The number of amides is 1. The predicted octanol–water partition coefficient (Wildman–Crippen LogP) is 3.77. The van der Waals surface area contributed by atoms with Crippen LogP contribution in [0.1, 0.15) is 46.1 Å². The topological polar surface area (TPSA) is 55.2 Å². The van der Waals surface area contributed by atoms with Crippen LogP contribution in [-0.4, -0.2) is 26.9 Å². The van der Waals surface area contributed by atoms with Crippen molar-refractivity contribution in [2.45, 2.75) is 38.8 Å². The highest BCUT2D eigenvalue weighted by Crippen LogP contribution is 2.33. The van der Waals surface area contributed by atoms with Crippen molar-refractivity contribution in [3.05, 3.63) is 99.7 Å². The number of nitrogens with zero attached hydrogens (tertiary/aromatic N) is 3. The van der Waals surface area contributed by atoms with Gasteiger partial charge < -0.3 is 9.47 Å². The number of pyridine rings is 2. The average Bonchev–Trinajstić information content (AvgIpc) is 3.58. The van der Waals surface area contributed by atoms with E-state index in [1.165, 1.54) is 0 Å². The van der Waals surface area contributed by atoms with E-state index in [0.29, 0.717) is 13.1 Å². The highest BCUT2D eigenvalue weighted by Gasteiger charge is 2.28. The minimum Gasteiger partial charge on any atom is -0.332 e. The van der Waals surface area contributed by atoms with Gasteiger partial charge in [-0.05, 0) is 55.5 Å². The summed E-state index contributed by atoms with van der Waals surface area (Å²) in [4.78, 5) is 32.7.